The Morgan fingerprint density at radius 1 is 1.03 bits per heavy atom. The van der Waals surface area contributed by atoms with Gasteiger partial charge in [-0.05, 0) is 37.2 Å². The predicted octanol–water partition coefficient (Wildman–Crippen LogP) is 4.68. The monoisotopic (exact) mass is 397 g/mol. The molecule has 1 unspecified atom stereocenters. The SMILES string of the molecule is O=C(NC(CO)CC1CCCCC1)c1nn(CC2CCCCC2)c2ccccc12. The van der Waals surface area contributed by atoms with Gasteiger partial charge in [0.05, 0.1) is 18.2 Å². The number of fused-ring (bicyclic) bond motifs is 1. The number of carbonyl (C=O) groups is 1. The van der Waals surface area contributed by atoms with Gasteiger partial charge in [0.15, 0.2) is 5.69 Å². The van der Waals surface area contributed by atoms with E-state index in [4.69, 9.17) is 5.10 Å². The Morgan fingerprint density at radius 2 is 1.69 bits per heavy atom. The highest BCUT2D eigenvalue weighted by Gasteiger charge is 2.24. The number of benzene rings is 1. The largest absolute Gasteiger partial charge is 0.394 e. The summed E-state index contributed by atoms with van der Waals surface area (Å²) < 4.78 is 2.04. The summed E-state index contributed by atoms with van der Waals surface area (Å²) in [4.78, 5) is 13.1. The average Bonchev–Trinajstić information content (AvgIpc) is 3.13. The lowest BCUT2D eigenvalue weighted by atomic mass is 9.85. The van der Waals surface area contributed by atoms with Crippen molar-refractivity contribution >= 4 is 16.8 Å². The molecule has 1 heterocycles. The fourth-order valence-corrected chi connectivity index (χ4v) is 5.31. The minimum absolute atomic E-state index is 0.0110. The van der Waals surface area contributed by atoms with Crippen LogP contribution in [0.1, 0.15) is 81.1 Å². The number of nitrogens with one attached hydrogen (secondary N) is 1. The van der Waals surface area contributed by atoms with E-state index in [2.05, 4.69) is 11.4 Å². The molecule has 2 saturated carbocycles. The lowest BCUT2D eigenvalue weighted by Crippen LogP contribution is -2.39. The highest BCUT2D eigenvalue weighted by atomic mass is 16.3. The van der Waals surface area contributed by atoms with Crippen LogP contribution < -0.4 is 5.32 Å². The van der Waals surface area contributed by atoms with Crippen molar-refractivity contribution in [1.82, 2.24) is 15.1 Å². The molecule has 0 aliphatic heterocycles. The van der Waals surface area contributed by atoms with E-state index < -0.39 is 0 Å². The second-order valence-electron chi connectivity index (χ2n) is 9.14. The molecule has 1 amide bonds. The molecule has 5 heteroatoms. The third kappa shape index (κ3) is 5.00. The van der Waals surface area contributed by atoms with Crippen LogP contribution in [0.2, 0.25) is 0 Å². The van der Waals surface area contributed by atoms with E-state index >= 15 is 0 Å². The standard InChI is InChI=1S/C24H35N3O2/c28-17-20(15-18-9-3-1-4-10-18)25-24(29)23-21-13-7-8-14-22(21)27(26-23)16-19-11-5-2-6-12-19/h7-8,13-14,18-20,28H,1-6,9-12,15-17H2,(H,25,29). The van der Waals surface area contributed by atoms with Gasteiger partial charge >= 0.3 is 0 Å². The topological polar surface area (TPSA) is 67.2 Å². The van der Waals surface area contributed by atoms with Gasteiger partial charge in [-0.25, -0.2) is 0 Å². The van der Waals surface area contributed by atoms with Crippen LogP contribution >= 0.6 is 0 Å². The molecular formula is C24H35N3O2. The molecular weight excluding hydrogens is 362 g/mol. The summed E-state index contributed by atoms with van der Waals surface area (Å²) in [6.07, 6.45) is 13.6. The number of aromatic nitrogens is 2. The van der Waals surface area contributed by atoms with Gasteiger partial charge in [0.2, 0.25) is 0 Å². The summed E-state index contributed by atoms with van der Waals surface area (Å²) in [6, 6.07) is 7.85. The van der Waals surface area contributed by atoms with E-state index in [-0.39, 0.29) is 18.6 Å². The Balaban J connectivity index is 1.48. The summed E-state index contributed by atoms with van der Waals surface area (Å²) in [5.41, 5.74) is 1.54. The second kappa shape index (κ2) is 9.75. The molecule has 2 N–H and O–H groups in total. The summed E-state index contributed by atoms with van der Waals surface area (Å²) in [6.45, 7) is 0.877. The van der Waals surface area contributed by atoms with Gasteiger partial charge in [0.25, 0.3) is 5.91 Å². The Bertz CT molecular complexity index is 804. The van der Waals surface area contributed by atoms with E-state index in [0.29, 0.717) is 17.5 Å². The zero-order valence-corrected chi connectivity index (χ0v) is 17.5. The minimum Gasteiger partial charge on any atom is -0.394 e. The van der Waals surface area contributed by atoms with Crippen molar-refractivity contribution in [3.05, 3.63) is 30.0 Å². The Kier molecular flexibility index (Phi) is 6.86. The lowest BCUT2D eigenvalue weighted by molar-refractivity contribution is 0.0897. The molecule has 29 heavy (non-hydrogen) atoms. The number of para-hydroxylation sites is 1. The number of amides is 1. The normalized spacial score (nSPS) is 20.0. The molecule has 1 aromatic carbocycles. The second-order valence-corrected chi connectivity index (χ2v) is 9.14. The first-order valence-electron chi connectivity index (χ1n) is 11.6. The van der Waals surface area contributed by atoms with E-state index in [0.717, 1.165) is 23.9 Å². The first-order valence-corrected chi connectivity index (χ1v) is 11.6. The first-order chi connectivity index (χ1) is 14.2. The van der Waals surface area contributed by atoms with Gasteiger partial charge in [-0.3, -0.25) is 9.48 Å². The van der Waals surface area contributed by atoms with Crippen LogP contribution in [-0.4, -0.2) is 33.4 Å². The minimum atomic E-state index is -0.187. The zero-order valence-electron chi connectivity index (χ0n) is 17.5. The van der Waals surface area contributed by atoms with Gasteiger partial charge in [0, 0.05) is 11.9 Å². The maximum absolute atomic E-state index is 13.1. The quantitative estimate of drug-likeness (QED) is 0.713. The van der Waals surface area contributed by atoms with Crippen LogP contribution in [0.15, 0.2) is 24.3 Å². The molecule has 2 aromatic rings. The molecule has 0 radical (unpaired) electrons. The van der Waals surface area contributed by atoms with E-state index in [1.54, 1.807) is 0 Å². The molecule has 0 saturated heterocycles. The third-order valence-corrected chi connectivity index (χ3v) is 6.93. The maximum Gasteiger partial charge on any atom is 0.272 e. The predicted molar refractivity (Wildman–Crippen MR) is 116 cm³/mol. The number of hydrogen-bond acceptors (Lipinski definition) is 3. The highest BCUT2D eigenvalue weighted by molar-refractivity contribution is 6.04. The van der Waals surface area contributed by atoms with Gasteiger partial charge < -0.3 is 10.4 Å². The molecule has 1 atom stereocenters. The lowest BCUT2D eigenvalue weighted by Gasteiger charge is -2.26. The van der Waals surface area contributed by atoms with Crippen LogP contribution in [0.25, 0.3) is 10.9 Å². The van der Waals surface area contributed by atoms with Gasteiger partial charge in [0.1, 0.15) is 0 Å². The fraction of sp³-hybridized carbons (Fsp3) is 0.667. The summed E-state index contributed by atoms with van der Waals surface area (Å²) in [7, 11) is 0. The highest BCUT2D eigenvalue weighted by Crippen LogP contribution is 2.29. The summed E-state index contributed by atoms with van der Waals surface area (Å²) in [5, 5.41) is 18.6. The molecule has 158 valence electrons. The number of aliphatic hydroxyl groups excluding tert-OH is 1. The van der Waals surface area contributed by atoms with E-state index in [1.807, 2.05) is 22.9 Å². The van der Waals surface area contributed by atoms with E-state index in [1.165, 1.54) is 64.2 Å². The van der Waals surface area contributed by atoms with Gasteiger partial charge in [-0.1, -0.05) is 69.6 Å². The number of carbonyl (C=O) groups excluding carboxylic acids is 1. The number of aliphatic hydroxyl groups is 1. The molecule has 1 aromatic heterocycles. The Hall–Kier alpha value is -1.88. The third-order valence-electron chi connectivity index (χ3n) is 6.93. The van der Waals surface area contributed by atoms with E-state index in [9.17, 15) is 9.90 Å². The average molecular weight is 398 g/mol. The van der Waals surface area contributed by atoms with Gasteiger partial charge in [-0.15, -0.1) is 0 Å². The molecule has 5 nitrogen and oxygen atoms in total. The van der Waals surface area contributed by atoms with Crippen LogP contribution in [0, 0.1) is 11.8 Å². The van der Waals surface area contributed by atoms with Crippen molar-refractivity contribution in [3.8, 4) is 0 Å². The molecule has 0 spiro atoms. The number of hydrogen-bond donors (Lipinski definition) is 2. The number of nitrogens with zero attached hydrogens (tertiary/aromatic N) is 2. The fourth-order valence-electron chi connectivity index (χ4n) is 5.31. The van der Waals surface area contributed by atoms with Crippen LogP contribution in [0.5, 0.6) is 0 Å². The van der Waals surface area contributed by atoms with Crippen LogP contribution in [-0.2, 0) is 6.54 Å². The molecule has 2 aliphatic carbocycles. The molecule has 2 aliphatic rings. The van der Waals surface area contributed by atoms with Crippen molar-refractivity contribution in [2.24, 2.45) is 11.8 Å². The van der Waals surface area contributed by atoms with Crippen molar-refractivity contribution in [3.63, 3.8) is 0 Å². The summed E-state index contributed by atoms with van der Waals surface area (Å²) >= 11 is 0. The smallest absolute Gasteiger partial charge is 0.272 e. The maximum atomic E-state index is 13.1. The first kappa shape index (κ1) is 20.4. The Labute approximate surface area is 173 Å². The number of rotatable bonds is 7. The van der Waals surface area contributed by atoms with Crippen molar-refractivity contribution in [1.29, 1.82) is 0 Å². The summed E-state index contributed by atoms with van der Waals surface area (Å²) in [5.74, 6) is 1.11. The van der Waals surface area contributed by atoms with Crippen molar-refractivity contribution < 1.29 is 9.90 Å². The van der Waals surface area contributed by atoms with Gasteiger partial charge in [-0.2, -0.15) is 5.10 Å². The van der Waals surface area contributed by atoms with Crippen LogP contribution in [0.4, 0.5) is 0 Å². The molecule has 0 bridgehead atoms. The molecule has 2 fully saturated rings. The molecule has 4 rings (SSSR count). The van der Waals surface area contributed by atoms with Crippen molar-refractivity contribution in [2.75, 3.05) is 6.61 Å². The van der Waals surface area contributed by atoms with Crippen molar-refractivity contribution in [2.45, 2.75) is 83.2 Å². The Morgan fingerprint density at radius 3 is 2.38 bits per heavy atom. The van der Waals surface area contributed by atoms with Crippen LogP contribution in [0.3, 0.4) is 0 Å². The zero-order chi connectivity index (χ0) is 20.1.